The molecular formula is C15H12N4O. The molecule has 1 aromatic carbocycles. The minimum absolute atomic E-state index is 0.746. The van der Waals surface area contributed by atoms with Crippen molar-refractivity contribution in [3.63, 3.8) is 0 Å². The minimum atomic E-state index is 0.746. The van der Waals surface area contributed by atoms with E-state index in [0.29, 0.717) is 0 Å². The molecule has 98 valence electrons. The number of oxazole rings is 1. The van der Waals surface area contributed by atoms with Crippen molar-refractivity contribution in [1.82, 2.24) is 9.97 Å². The fourth-order valence-electron chi connectivity index (χ4n) is 1.70. The fraction of sp³-hybridized carbons (Fsp3) is 0. The van der Waals surface area contributed by atoms with Gasteiger partial charge in [0, 0.05) is 23.5 Å². The third kappa shape index (κ3) is 2.89. The standard InChI is InChI=1S/C15H12N4O/c1-2-12(8-16-7-1)9-18-19-14-5-3-13(4-6-14)15-10-17-11-20-15/h1-11,19H/b18-9+. The normalized spacial score (nSPS) is 10.8. The molecule has 0 bridgehead atoms. The zero-order valence-corrected chi connectivity index (χ0v) is 10.6. The summed E-state index contributed by atoms with van der Waals surface area (Å²) in [6.45, 7) is 0. The van der Waals surface area contributed by atoms with Crippen molar-refractivity contribution in [2.75, 3.05) is 5.43 Å². The van der Waals surface area contributed by atoms with Crippen LogP contribution in [0.15, 0.2) is 70.9 Å². The average molecular weight is 264 g/mol. The number of rotatable bonds is 4. The Morgan fingerprint density at radius 3 is 2.65 bits per heavy atom. The van der Waals surface area contributed by atoms with Gasteiger partial charge in [0.15, 0.2) is 12.2 Å². The summed E-state index contributed by atoms with van der Waals surface area (Å²) in [7, 11) is 0. The van der Waals surface area contributed by atoms with Crippen molar-refractivity contribution in [2.24, 2.45) is 5.10 Å². The topological polar surface area (TPSA) is 63.3 Å². The van der Waals surface area contributed by atoms with E-state index in [4.69, 9.17) is 4.42 Å². The minimum Gasteiger partial charge on any atom is -0.444 e. The molecule has 2 aromatic heterocycles. The van der Waals surface area contributed by atoms with Crippen molar-refractivity contribution in [2.45, 2.75) is 0 Å². The van der Waals surface area contributed by atoms with E-state index in [1.54, 1.807) is 24.8 Å². The first-order valence-electron chi connectivity index (χ1n) is 6.10. The van der Waals surface area contributed by atoms with E-state index in [1.165, 1.54) is 6.39 Å². The highest BCUT2D eigenvalue weighted by Crippen LogP contribution is 2.20. The fourth-order valence-corrected chi connectivity index (χ4v) is 1.70. The lowest BCUT2D eigenvalue weighted by Crippen LogP contribution is -1.90. The van der Waals surface area contributed by atoms with Gasteiger partial charge in [-0.2, -0.15) is 5.10 Å². The number of benzene rings is 1. The molecule has 3 aromatic rings. The third-order valence-corrected chi connectivity index (χ3v) is 2.69. The molecule has 0 unspecified atom stereocenters. The molecule has 0 amide bonds. The van der Waals surface area contributed by atoms with Gasteiger partial charge in [0.1, 0.15) is 0 Å². The van der Waals surface area contributed by atoms with Crippen LogP contribution in [0.25, 0.3) is 11.3 Å². The zero-order valence-electron chi connectivity index (χ0n) is 10.6. The SMILES string of the molecule is C(=N\Nc1ccc(-c2cnco2)cc1)/c1cccnc1. The van der Waals surface area contributed by atoms with E-state index in [0.717, 1.165) is 22.6 Å². The Bertz CT molecular complexity index is 676. The molecule has 2 heterocycles. The van der Waals surface area contributed by atoms with Gasteiger partial charge in [-0.05, 0) is 30.3 Å². The number of anilines is 1. The molecule has 3 rings (SSSR count). The van der Waals surface area contributed by atoms with Crippen LogP contribution < -0.4 is 5.43 Å². The van der Waals surface area contributed by atoms with E-state index in [-0.39, 0.29) is 0 Å². The van der Waals surface area contributed by atoms with Gasteiger partial charge in [-0.15, -0.1) is 0 Å². The Kier molecular flexibility index (Phi) is 3.51. The molecule has 5 nitrogen and oxygen atoms in total. The largest absolute Gasteiger partial charge is 0.444 e. The van der Waals surface area contributed by atoms with Gasteiger partial charge in [0.05, 0.1) is 18.1 Å². The Balaban J connectivity index is 1.65. The second-order valence-electron chi connectivity index (χ2n) is 4.10. The van der Waals surface area contributed by atoms with Crippen LogP contribution >= 0.6 is 0 Å². The molecule has 5 heteroatoms. The molecule has 0 saturated heterocycles. The van der Waals surface area contributed by atoms with Crippen molar-refractivity contribution in [1.29, 1.82) is 0 Å². The lowest BCUT2D eigenvalue weighted by atomic mass is 10.2. The number of nitrogens with zero attached hydrogens (tertiary/aromatic N) is 3. The van der Waals surface area contributed by atoms with Crippen molar-refractivity contribution >= 4 is 11.9 Å². The van der Waals surface area contributed by atoms with E-state index >= 15 is 0 Å². The summed E-state index contributed by atoms with van der Waals surface area (Å²) < 4.78 is 5.23. The number of aromatic nitrogens is 2. The van der Waals surface area contributed by atoms with Crippen LogP contribution in [-0.4, -0.2) is 16.2 Å². The van der Waals surface area contributed by atoms with Crippen LogP contribution in [0.2, 0.25) is 0 Å². The molecule has 20 heavy (non-hydrogen) atoms. The summed E-state index contributed by atoms with van der Waals surface area (Å²) in [5, 5.41) is 4.15. The van der Waals surface area contributed by atoms with Gasteiger partial charge < -0.3 is 4.42 Å². The Morgan fingerprint density at radius 1 is 1.05 bits per heavy atom. The molecule has 0 spiro atoms. The van der Waals surface area contributed by atoms with Gasteiger partial charge in [0.25, 0.3) is 0 Å². The second-order valence-corrected chi connectivity index (χ2v) is 4.10. The van der Waals surface area contributed by atoms with E-state index in [1.807, 2.05) is 36.4 Å². The summed E-state index contributed by atoms with van der Waals surface area (Å²) in [4.78, 5) is 7.91. The molecule has 0 atom stereocenters. The first kappa shape index (κ1) is 12.1. The Morgan fingerprint density at radius 2 is 1.95 bits per heavy atom. The molecule has 0 fully saturated rings. The monoisotopic (exact) mass is 264 g/mol. The number of nitrogens with one attached hydrogen (secondary N) is 1. The third-order valence-electron chi connectivity index (χ3n) is 2.69. The summed E-state index contributed by atoms with van der Waals surface area (Å²) in [5.74, 6) is 0.746. The lowest BCUT2D eigenvalue weighted by molar-refractivity contribution is 0.572. The zero-order chi connectivity index (χ0) is 13.6. The predicted octanol–water partition coefficient (Wildman–Crippen LogP) is 3.18. The van der Waals surface area contributed by atoms with Crippen LogP contribution in [0.3, 0.4) is 0 Å². The van der Waals surface area contributed by atoms with E-state index < -0.39 is 0 Å². The highest BCUT2D eigenvalue weighted by molar-refractivity contribution is 5.79. The smallest absolute Gasteiger partial charge is 0.181 e. The lowest BCUT2D eigenvalue weighted by Gasteiger charge is -2.01. The van der Waals surface area contributed by atoms with Crippen molar-refractivity contribution in [3.05, 3.63) is 66.9 Å². The van der Waals surface area contributed by atoms with E-state index in [9.17, 15) is 0 Å². The van der Waals surface area contributed by atoms with Gasteiger partial charge in [-0.1, -0.05) is 6.07 Å². The number of hydrazone groups is 1. The summed E-state index contributed by atoms with van der Waals surface area (Å²) in [5.41, 5.74) is 5.78. The Hall–Kier alpha value is -2.95. The van der Waals surface area contributed by atoms with Crippen molar-refractivity contribution in [3.8, 4) is 11.3 Å². The van der Waals surface area contributed by atoms with Gasteiger partial charge in [-0.25, -0.2) is 4.98 Å². The molecular weight excluding hydrogens is 252 g/mol. The summed E-state index contributed by atoms with van der Waals surface area (Å²) in [6, 6.07) is 11.6. The van der Waals surface area contributed by atoms with Crippen LogP contribution in [-0.2, 0) is 0 Å². The van der Waals surface area contributed by atoms with Gasteiger partial charge in [-0.3, -0.25) is 10.4 Å². The number of hydrogen-bond donors (Lipinski definition) is 1. The van der Waals surface area contributed by atoms with Crippen LogP contribution in [0, 0.1) is 0 Å². The molecule has 0 saturated carbocycles. The van der Waals surface area contributed by atoms with Gasteiger partial charge in [0.2, 0.25) is 0 Å². The number of hydrogen-bond acceptors (Lipinski definition) is 5. The quantitative estimate of drug-likeness (QED) is 0.580. The highest BCUT2D eigenvalue weighted by atomic mass is 16.3. The first-order valence-corrected chi connectivity index (χ1v) is 6.10. The summed E-state index contributed by atoms with van der Waals surface area (Å²) in [6.07, 6.45) is 8.30. The molecule has 0 radical (unpaired) electrons. The molecule has 0 aliphatic carbocycles. The van der Waals surface area contributed by atoms with Crippen LogP contribution in [0.4, 0.5) is 5.69 Å². The Labute approximate surface area is 116 Å². The maximum absolute atomic E-state index is 5.23. The first-order chi connectivity index (χ1) is 9.92. The van der Waals surface area contributed by atoms with Crippen LogP contribution in [0.1, 0.15) is 5.56 Å². The van der Waals surface area contributed by atoms with Crippen molar-refractivity contribution < 1.29 is 4.42 Å². The van der Waals surface area contributed by atoms with E-state index in [2.05, 4.69) is 20.5 Å². The molecule has 1 N–H and O–H groups in total. The second kappa shape index (κ2) is 5.79. The maximum atomic E-state index is 5.23. The van der Waals surface area contributed by atoms with Crippen LogP contribution in [0.5, 0.6) is 0 Å². The summed E-state index contributed by atoms with van der Waals surface area (Å²) >= 11 is 0. The number of pyridine rings is 1. The van der Waals surface area contributed by atoms with Gasteiger partial charge >= 0.3 is 0 Å². The highest BCUT2D eigenvalue weighted by Gasteiger charge is 2.00. The predicted molar refractivity (Wildman–Crippen MR) is 77.4 cm³/mol. The molecule has 0 aliphatic heterocycles. The maximum Gasteiger partial charge on any atom is 0.181 e. The average Bonchev–Trinajstić information content (AvgIpc) is 3.03. The molecule has 0 aliphatic rings.